The highest BCUT2D eigenvalue weighted by Gasteiger charge is 2.24. The van der Waals surface area contributed by atoms with Gasteiger partial charge in [-0.1, -0.05) is 36.9 Å². The summed E-state index contributed by atoms with van der Waals surface area (Å²) in [6.45, 7) is 6.18. The zero-order valence-electron chi connectivity index (χ0n) is 17.1. The standard InChI is InChI=1S/C21H25NO6S/c1-6-10-17(27-19(24)13(3)22-14(4)23)15(7-2)20(25)28-18-12-9-8-11-16(18)21(26)29-5/h7-13H,6H2,1-5H3,(H,22,23). The highest BCUT2D eigenvalue weighted by molar-refractivity contribution is 8.13. The minimum absolute atomic E-state index is 0.0240. The second kappa shape index (κ2) is 11.9. The summed E-state index contributed by atoms with van der Waals surface area (Å²) in [4.78, 5) is 48.2. The highest BCUT2D eigenvalue weighted by atomic mass is 32.2. The van der Waals surface area contributed by atoms with Crippen LogP contribution in [0.15, 0.2) is 47.7 Å². The summed E-state index contributed by atoms with van der Waals surface area (Å²) in [7, 11) is 0. The SMILES string of the molecule is CC=C(C(=O)Oc1ccccc1C(=O)SC)C(=CCC)OC(=O)C(C)NC(C)=O. The molecule has 0 aliphatic carbocycles. The molecule has 0 radical (unpaired) electrons. The van der Waals surface area contributed by atoms with Crippen LogP contribution in [-0.2, 0) is 19.1 Å². The maximum Gasteiger partial charge on any atom is 0.347 e. The van der Waals surface area contributed by atoms with Gasteiger partial charge in [0.15, 0.2) is 0 Å². The maximum atomic E-state index is 12.7. The Kier molecular flexibility index (Phi) is 9.88. The molecule has 1 atom stereocenters. The Labute approximate surface area is 174 Å². The van der Waals surface area contributed by atoms with E-state index < -0.39 is 18.0 Å². The van der Waals surface area contributed by atoms with Gasteiger partial charge < -0.3 is 14.8 Å². The van der Waals surface area contributed by atoms with Crippen LogP contribution in [0.4, 0.5) is 0 Å². The van der Waals surface area contributed by atoms with Crippen LogP contribution in [0.25, 0.3) is 0 Å². The van der Waals surface area contributed by atoms with E-state index in [2.05, 4.69) is 5.32 Å². The van der Waals surface area contributed by atoms with E-state index in [4.69, 9.17) is 9.47 Å². The van der Waals surface area contributed by atoms with E-state index >= 15 is 0 Å². The van der Waals surface area contributed by atoms with E-state index in [1.54, 1.807) is 37.5 Å². The molecule has 0 saturated heterocycles. The van der Waals surface area contributed by atoms with Gasteiger partial charge in [-0.2, -0.15) is 0 Å². The van der Waals surface area contributed by atoms with Crippen LogP contribution >= 0.6 is 11.8 Å². The van der Waals surface area contributed by atoms with Gasteiger partial charge in [0.2, 0.25) is 11.0 Å². The van der Waals surface area contributed by atoms with Crippen molar-refractivity contribution in [3.63, 3.8) is 0 Å². The minimum Gasteiger partial charge on any atom is -0.424 e. The van der Waals surface area contributed by atoms with E-state index in [9.17, 15) is 19.2 Å². The van der Waals surface area contributed by atoms with Crippen molar-refractivity contribution in [1.29, 1.82) is 0 Å². The average Bonchev–Trinajstić information content (AvgIpc) is 2.67. The third kappa shape index (κ3) is 7.23. The molecule has 0 aliphatic rings. The summed E-state index contributed by atoms with van der Waals surface area (Å²) >= 11 is 1.00. The molecule has 1 aromatic rings. The summed E-state index contributed by atoms with van der Waals surface area (Å²) in [5, 5.41) is 2.19. The Bertz CT molecular complexity index is 843. The molecule has 1 amide bonds. The van der Waals surface area contributed by atoms with Crippen LogP contribution in [0.3, 0.4) is 0 Å². The molecule has 0 spiro atoms. The monoisotopic (exact) mass is 419 g/mol. The first-order chi connectivity index (χ1) is 13.7. The molecule has 7 nitrogen and oxygen atoms in total. The largest absolute Gasteiger partial charge is 0.424 e. The van der Waals surface area contributed by atoms with Gasteiger partial charge in [0.1, 0.15) is 17.6 Å². The van der Waals surface area contributed by atoms with Crippen LogP contribution in [0, 0.1) is 0 Å². The highest BCUT2D eigenvalue weighted by Crippen LogP contribution is 2.24. The molecule has 0 saturated carbocycles. The molecule has 0 bridgehead atoms. The number of nitrogens with one attached hydrogen (secondary N) is 1. The van der Waals surface area contributed by atoms with Crippen LogP contribution in [0.1, 0.15) is 44.5 Å². The van der Waals surface area contributed by atoms with Crippen LogP contribution < -0.4 is 10.1 Å². The predicted molar refractivity (Wildman–Crippen MR) is 111 cm³/mol. The van der Waals surface area contributed by atoms with Crippen LogP contribution in [0.2, 0.25) is 0 Å². The molecule has 0 fully saturated rings. The number of benzene rings is 1. The second-order valence-electron chi connectivity index (χ2n) is 5.90. The number of ether oxygens (including phenoxy) is 2. The maximum absolute atomic E-state index is 12.7. The Morgan fingerprint density at radius 3 is 2.41 bits per heavy atom. The van der Waals surface area contributed by atoms with E-state index in [0.717, 1.165) is 11.8 Å². The van der Waals surface area contributed by atoms with Crippen molar-refractivity contribution < 1.29 is 28.7 Å². The predicted octanol–water partition coefficient (Wildman–Crippen LogP) is 3.40. The van der Waals surface area contributed by atoms with Crippen molar-refractivity contribution in [3.05, 3.63) is 53.3 Å². The summed E-state index contributed by atoms with van der Waals surface area (Å²) in [5.41, 5.74) is 0.294. The molecule has 156 valence electrons. The molecular formula is C21H25NO6S. The molecule has 0 aliphatic heterocycles. The first-order valence-electron chi connectivity index (χ1n) is 9.00. The van der Waals surface area contributed by atoms with Gasteiger partial charge in [0.05, 0.1) is 11.1 Å². The summed E-state index contributed by atoms with van der Waals surface area (Å²) in [5.74, 6) is -1.73. The lowest BCUT2D eigenvalue weighted by atomic mass is 10.1. The van der Waals surface area contributed by atoms with Crippen molar-refractivity contribution in [1.82, 2.24) is 5.32 Å². The fourth-order valence-electron chi connectivity index (χ4n) is 2.30. The molecule has 1 N–H and O–H groups in total. The third-order valence-electron chi connectivity index (χ3n) is 3.64. The molecule has 1 rings (SSSR count). The van der Waals surface area contributed by atoms with Gasteiger partial charge in [-0.25, -0.2) is 9.59 Å². The second-order valence-corrected chi connectivity index (χ2v) is 6.68. The fourth-order valence-corrected chi connectivity index (χ4v) is 2.69. The van der Waals surface area contributed by atoms with Gasteiger partial charge in [0.25, 0.3) is 0 Å². The number of thioether (sulfide) groups is 1. The van der Waals surface area contributed by atoms with E-state index in [1.165, 1.54) is 26.0 Å². The molecule has 8 heteroatoms. The topological polar surface area (TPSA) is 98.8 Å². The number of hydrogen-bond acceptors (Lipinski definition) is 7. The molecule has 0 heterocycles. The Morgan fingerprint density at radius 2 is 1.86 bits per heavy atom. The van der Waals surface area contributed by atoms with Gasteiger partial charge in [0, 0.05) is 6.92 Å². The lowest BCUT2D eigenvalue weighted by molar-refractivity contribution is -0.143. The van der Waals surface area contributed by atoms with Crippen molar-refractivity contribution >= 4 is 34.7 Å². The van der Waals surface area contributed by atoms with Crippen LogP contribution in [-0.4, -0.2) is 35.3 Å². The van der Waals surface area contributed by atoms with E-state index in [-0.39, 0.29) is 33.7 Å². The van der Waals surface area contributed by atoms with Crippen molar-refractivity contribution in [3.8, 4) is 5.75 Å². The van der Waals surface area contributed by atoms with Crippen molar-refractivity contribution in [2.24, 2.45) is 0 Å². The van der Waals surface area contributed by atoms with Gasteiger partial charge in [-0.05, 0) is 44.7 Å². The van der Waals surface area contributed by atoms with E-state index in [1.807, 2.05) is 6.92 Å². The first-order valence-corrected chi connectivity index (χ1v) is 10.2. The summed E-state index contributed by atoms with van der Waals surface area (Å²) < 4.78 is 10.7. The van der Waals surface area contributed by atoms with Crippen molar-refractivity contribution in [2.75, 3.05) is 6.26 Å². The first kappa shape index (κ1) is 24.2. The van der Waals surface area contributed by atoms with Crippen LogP contribution in [0.5, 0.6) is 5.75 Å². The van der Waals surface area contributed by atoms with Gasteiger partial charge in [-0.3, -0.25) is 9.59 Å². The lowest BCUT2D eigenvalue weighted by Crippen LogP contribution is -2.38. The number of rotatable bonds is 8. The quantitative estimate of drug-likeness (QED) is 0.227. The molecule has 1 unspecified atom stereocenters. The zero-order chi connectivity index (χ0) is 22.0. The van der Waals surface area contributed by atoms with Crippen molar-refractivity contribution in [2.45, 2.75) is 40.2 Å². The number of para-hydroxylation sites is 1. The summed E-state index contributed by atoms with van der Waals surface area (Å²) in [6, 6.07) is 5.51. The number of esters is 2. The third-order valence-corrected chi connectivity index (χ3v) is 4.23. The molecule has 29 heavy (non-hydrogen) atoms. The van der Waals surface area contributed by atoms with E-state index in [0.29, 0.717) is 6.42 Å². The Hall–Kier alpha value is -2.87. The molecule has 0 aromatic heterocycles. The number of carbonyl (C=O) groups is 4. The minimum atomic E-state index is -0.887. The number of amides is 1. The lowest BCUT2D eigenvalue weighted by Gasteiger charge is -2.16. The molecular weight excluding hydrogens is 394 g/mol. The average molecular weight is 419 g/mol. The smallest absolute Gasteiger partial charge is 0.347 e. The number of allylic oxidation sites excluding steroid dienone is 2. The normalized spacial score (nSPS) is 12.7. The molecule has 1 aromatic carbocycles. The fraction of sp³-hybridized carbons (Fsp3) is 0.333. The zero-order valence-corrected chi connectivity index (χ0v) is 17.9. The van der Waals surface area contributed by atoms with Gasteiger partial charge in [-0.15, -0.1) is 0 Å². The van der Waals surface area contributed by atoms with Gasteiger partial charge >= 0.3 is 11.9 Å². The number of carbonyl (C=O) groups excluding carboxylic acids is 4. The summed E-state index contributed by atoms with van der Waals surface area (Å²) in [6.07, 6.45) is 5.15. The Balaban J connectivity index is 3.08. The Morgan fingerprint density at radius 1 is 1.21 bits per heavy atom. The number of hydrogen-bond donors (Lipinski definition) is 1.